The van der Waals surface area contributed by atoms with Crippen molar-refractivity contribution in [1.29, 1.82) is 0 Å². The van der Waals surface area contributed by atoms with Gasteiger partial charge < -0.3 is 22.1 Å². The first-order chi connectivity index (χ1) is 13.6. The maximum Gasteiger partial charge on any atom is 0.255 e. The highest BCUT2D eigenvalue weighted by Crippen LogP contribution is 2.26. The minimum absolute atomic E-state index is 0.193. The van der Waals surface area contributed by atoms with Crippen molar-refractivity contribution in [3.63, 3.8) is 0 Å². The van der Waals surface area contributed by atoms with E-state index < -0.39 is 0 Å². The van der Waals surface area contributed by atoms with Crippen molar-refractivity contribution in [1.82, 2.24) is 4.98 Å². The SMILES string of the molecule is Nc1cccc(NC(=O)c2ccc(Nc3ccnc4cc(N)ccc34)cc2)c1. The molecule has 138 valence electrons. The van der Waals surface area contributed by atoms with E-state index in [-0.39, 0.29) is 5.91 Å². The van der Waals surface area contributed by atoms with Crippen LogP contribution in [0.3, 0.4) is 0 Å². The third-order valence-electron chi connectivity index (χ3n) is 4.34. The van der Waals surface area contributed by atoms with Crippen molar-refractivity contribution >= 4 is 45.2 Å². The molecule has 1 amide bonds. The molecule has 1 heterocycles. The zero-order valence-electron chi connectivity index (χ0n) is 15.0. The molecule has 6 heteroatoms. The van der Waals surface area contributed by atoms with Crippen LogP contribution in [0.2, 0.25) is 0 Å². The lowest BCUT2D eigenvalue weighted by atomic mass is 10.1. The second-order valence-corrected chi connectivity index (χ2v) is 6.42. The number of hydrogen-bond donors (Lipinski definition) is 4. The van der Waals surface area contributed by atoms with Gasteiger partial charge in [-0.15, -0.1) is 0 Å². The first kappa shape index (κ1) is 17.4. The number of rotatable bonds is 4. The fourth-order valence-electron chi connectivity index (χ4n) is 2.95. The Bertz CT molecular complexity index is 1160. The number of pyridine rings is 1. The number of nitrogens with zero attached hydrogens (tertiary/aromatic N) is 1. The van der Waals surface area contributed by atoms with E-state index in [1.807, 2.05) is 36.4 Å². The maximum absolute atomic E-state index is 12.4. The highest BCUT2D eigenvalue weighted by molar-refractivity contribution is 6.04. The molecule has 0 fully saturated rings. The monoisotopic (exact) mass is 369 g/mol. The van der Waals surface area contributed by atoms with Gasteiger partial charge in [0.2, 0.25) is 0 Å². The largest absolute Gasteiger partial charge is 0.399 e. The Kier molecular flexibility index (Phi) is 4.51. The van der Waals surface area contributed by atoms with Crippen LogP contribution in [-0.4, -0.2) is 10.9 Å². The molecule has 0 saturated carbocycles. The van der Waals surface area contributed by atoms with Gasteiger partial charge in [-0.2, -0.15) is 0 Å². The molecule has 28 heavy (non-hydrogen) atoms. The Labute approximate surface area is 162 Å². The van der Waals surface area contributed by atoms with Gasteiger partial charge in [0.15, 0.2) is 0 Å². The van der Waals surface area contributed by atoms with Gasteiger partial charge in [-0.25, -0.2) is 0 Å². The van der Waals surface area contributed by atoms with Gasteiger partial charge in [-0.1, -0.05) is 6.07 Å². The van der Waals surface area contributed by atoms with Crippen LogP contribution in [0.15, 0.2) is 79.0 Å². The summed E-state index contributed by atoms with van der Waals surface area (Å²) in [7, 11) is 0. The van der Waals surface area contributed by atoms with Crippen LogP contribution in [-0.2, 0) is 0 Å². The molecule has 4 rings (SSSR count). The smallest absolute Gasteiger partial charge is 0.255 e. The zero-order chi connectivity index (χ0) is 19.5. The van der Waals surface area contributed by atoms with Crippen LogP contribution in [0.1, 0.15) is 10.4 Å². The standard InChI is InChI=1S/C22H19N5O/c23-15-2-1-3-18(12-15)27-22(28)14-4-7-17(8-5-14)26-20-10-11-25-21-13-16(24)6-9-19(20)21/h1-13H,23-24H2,(H,25,26)(H,27,28). The average Bonchev–Trinajstić information content (AvgIpc) is 2.68. The fourth-order valence-corrected chi connectivity index (χ4v) is 2.95. The number of benzene rings is 3. The molecule has 0 bridgehead atoms. The molecular weight excluding hydrogens is 350 g/mol. The lowest BCUT2D eigenvalue weighted by molar-refractivity contribution is 0.102. The van der Waals surface area contributed by atoms with E-state index in [1.165, 1.54) is 0 Å². The quantitative estimate of drug-likeness (QED) is 0.399. The molecule has 1 aromatic heterocycles. The van der Waals surface area contributed by atoms with Crippen molar-refractivity contribution in [2.24, 2.45) is 0 Å². The van der Waals surface area contributed by atoms with Crippen LogP contribution in [0.25, 0.3) is 10.9 Å². The summed E-state index contributed by atoms with van der Waals surface area (Å²) >= 11 is 0. The third kappa shape index (κ3) is 3.71. The van der Waals surface area contributed by atoms with Crippen molar-refractivity contribution in [3.05, 3.63) is 84.6 Å². The zero-order valence-corrected chi connectivity index (χ0v) is 15.0. The van der Waals surface area contributed by atoms with Gasteiger partial charge in [0, 0.05) is 45.6 Å². The van der Waals surface area contributed by atoms with Crippen LogP contribution in [0, 0.1) is 0 Å². The number of amides is 1. The number of fused-ring (bicyclic) bond motifs is 1. The van der Waals surface area contributed by atoms with Crippen molar-refractivity contribution < 1.29 is 4.79 Å². The van der Waals surface area contributed by atoms with E-state index >= 15 is 0 Å². The number of carbonyl (C=O) groups excluding carboxylic acids is 1. The summed E-state index contributed by atoms with van der Waals surface area (Å²) in [5.74, 6) is -0.193. The van der Waals surface area contributed by atoms with Crippen molar-refractivity contribution in [2.75, 3.05) is 22.1 Å². The molecule has 0 spiro atoms. The highest BCUT2D eigenvalue weighted by Gasteiger charge is 2.07. The molecule has 0 aliphatic carbocycles. The van der Waals surface area contributed by atoms with Gasteiger partial charge in [0.05, 0.1) is 5.52 Å². The lowest BCUT2D eigenvalue weighted by Gasteiger charge is -2.11. The van der Waals surface area contributed by atoms with Gasteiger partial charge in [0.25, 0.3) is 5.91 Å². The Morgan fingerprint density at radius 2 is 1.61 bits per heavy atom. The number of aromatic nitrogens is 1. The molecule has 4 aromatic rings. The highest BCUT2D eigenvalue weighted by atomic mass is 16.1. The predicted octanol–water partition coefficient (Wildman–Crippen LogP) is 4.40. The number of anilines is 5. The van der Waals surface area contributed by atoms with E-state index in [0.717, 1.165) is 22.3 Å². The Morgan fingerprint density at radius 3 is 2.39 bits per heavy atom. The summed E-state index contributed by atoms with van der Waals surface area (Å²) in [4.78, 5) is 16.8. The van der Waals surface area contributed by atoms with E-state index in [1.54, 1.807) is 42.6 Å². The van der Waals surface area contributed by atoms with E-state index in [4.69, 9.17) is 11.5 Å². The van der Waals surface area contributed by atoms with E-state index in [9.17, 15) is 4.79 Å². The molecule has 0 atom stereocenters. The summed E-state index contributed by atoms with van der Waals surface area (Å²) in [5.41, 5.74) is 16.7. The van der Waals surface area contributed by atoms with E-state index in [2.05, 4.69) is 15.6 Å². The average molecular weight is 369 g/mol. The van der Waals surface area contributed by atoms with Gasteiger partial charge in [-0.05, 0) is 66.7 Å². The Hall–Kier alpha value is -4.06. The van der Waals surface area contributed by atoms with Gasteiger partial charge >= 0.3 is 0 Å². The molecule has 3 aromatic carbocycles. The number of nitrogens with one attached hydrogen (secondary N) is 2. The molecule has 0 aliphatic heterocycles. The fraction of sp³-hybridized carbons (Fsp3) is 0. The topological polar surface area (TPSA) is 106 Å². The first-order valence-electron chi connectivity index (χ1n) is 8.77. The number of carbonyl (C=O) groups is 1. The molecule has 0 saturated heterocycles. The lowest BCUT2D eigenvalue weighted by Crippen LogP contribution is -2.11. The van der Waals surface area contributed by atoms with Crippen LogP contribution in [0.5, 0.6) is 0 Å². The Morgan fingerprint density at radius 1 is 0.821 bits per heavy atom. The normalized spacial score (nSPS) is 10.6. The van der Waals surface area contributed by atoms with Crippen LogP contribution < -0.4 is 22.1 Å². The second kappa shape index (κ2) is 7.28. The number of hydrogen-bond acceptors (Lipinski definition) is 5. The van der Waals surface area contributed by atoms with Gasteiger partial charge in [0.1, 0.15) is 0 Å². The molecule has 0 aliphatic rings. The summed E-state index contributed by atoms with van der Waals surface area (Å²) in [6.07, 6.45) is 1.73. The summed E-state index contributed by atoms with van der Waals surface area (Å²) in [6, 6.07) is 21.9. The summed E-state index contributed by atoms with van der Waals surface area (Å²) in [5, 5.41) is 7.17. The van der Waals surface area contributed by atoms with Crippen molar-refractivity contribution in [2.45, 2.75) is 0 Å². The summed E-state index contributed by atoms with van der Waals surface area (Å²) in [6.45, 7) is 0. The molecular formula is C22H19N5O. The molecule has 0 radical (unpaired) electrons. The molecule has 6 nitrogen and oxygen atoms in total. The number of nitrogen functional groups attached to an aromatic ring is 2. The maximum atomic E-state index is 12.4. The van der Waals surface area contributed by atoms with Crippen LogP contribution in [0.4, 0.5) is 28.4 Å². The number of nitrogens with two attached hydrogens (primary N) is 2. The van der Waals surface area contributed by atoms with Crippen molar-refractivity contribution in [3.8, 4) is 0 Å². The Balaban J connectivity index is 1.51. The second-order valence-electron chi connectivity index (χ2n) is 6.42. The first-order valence-corrected chi connectivity index (χ1v) is 8.77. The minimum atomic E-state index is -0.193. The van der Waals surface area contributed by atoms with Crippen LogP contribution >= 0.6 is 0 Å². The van der Waals surface area contributed by atoms with Gasteiger partial charge in [-0.3, -0.25) is 9.78 Å². The van der Waals surface area contributed by atoms with E-state index in [0.29, 0.717) is 22.6 Å². The molecule has 6 N–H and O–H groups in total. The minimum Gasteiger partial charge on any atom is -0.399 e. The summed E-state index contributed by atoms with van der Waals surface area (Å²) < 4.78 is 0. The molecule has 0 unspecified atom stereocenters. The third-order valence-corrected chi connectivity index (χ3v) is 4.34. The predicted molar refractivity (Wildman–Crippen MR) is 115 cm³/mol.